The molecule has 0 aliphatic heterocycles. The Labute approximate surface area is 132 Å². The minimum Gasteiger partial charge on any atom is -0.491 e. The first-order chi connectivity index (χ1) is 10.0. The normalized spacial score (nSPS) is 10.2. The number of amides is 1. The van der Waals surface area contributed by atoms with Gasteiger partial charge in [0.15, 0.2) is 5.75 Å². The number of rotatable bonds is 4. The molecule has 0 spiro atoms. The molecule has 0 aliphatic rings. The van der Waals surface area contributed by atoms with Gasteiger partial charge in [-0.3, -0.25) is 4.79 Å². The van der Waals surface area contributed by atoms with E-state index in [-0.39, 0.29) is 5.91 Å². The van der Waals surface area contributed by atoms with E-state index in [0.717, 1.165) is 15.7 Å². The van der Waals surface area contributed by atoms with E-state index >= 15 is 0 Å². The first kappa shape index (κ1) is 15.4. The maximum atomic E-state index is 12.4. The van der Waals surface area contributed by atoms with E-state index in [1.54, 1.807) is 18.2 Å². The van der Waals surface area contributed by atoms with Gasteiger partial charge in [-0.15, -0.1) is 0 Å². The highest BCUT2D eigenvalue weighted by Gasteiger charge is 2.15. The van der Waals surface area contributed by atoms with E-state index in [1.807, 2.05) is 32.0 Å². The average molecular weight is 349 g/mol. The predicted octanol–water partition coefficient (Wildman–Crippen LogP) is 3.99. The third-order valence-electron chi connectivity index (χ3n) is 3.02. The Kier molecular flexibility index (Phi) is 4.85. The van der Waals surface area contributed by atoms with E-state index in [4.69, 9.17) is 10.5 Å². The molecule has 21 heavy (non-hydrogen) atoms. The van der Waals surface area contributed by atoms with Gasteiger partial charge in [-0.05, 0) is 49.7 Å². The van der Waals surface area contributed by atoms with Gasteiger partial charge in [-0.25, -0.2) is 0 Å². The largest absolute Gasteiger partial charge is 0.491 e. The standard InChI is InChI=1S/C16H17BrN2O2/c1-3-21-15-12(5-4-6-13(15)18)16(20)19-14-8-7-11(17)9-10(14)2/h4-9H,3,18H2,1-2H3,(H,19,20). The number of para-hydroxylation sites is 1. The lowest BCUT2D eigenvalue weighted by Crippen LogP contribution is -2.15. The van der Waals surface area contributed by atoms with E-state index in [9.17, 15) is 4.79 Å². The SMILES string of the molecule is CCOc1c(N)cccc1C(=O)Nc1ccc(Br)cc1C. The minimum absolute atomic E-state index is 0.240. The number of nitrogen functional groups attached to an aromatic ring is 1. The molecule has 0 aromatic heterocycles. The number of aryl methyl sites for hydroxylation is 1. The maximum absolute atomic E-state index is 12.4. The Morgan fingerprint density at radius 2 is 2.10 bits per heavy atom. The Hall–Kier alpha value is -2.01. The van der Waals surface area contributed by atoms with Crippen LogP contribution in [0.5, 0.6) is 5.75 Å². The van der Waals surface area contributed by atoms with Gasteiger partial charge in [0.2, 0.25) is 0 Å². The van der Waals surface area contributed by atoms with Crippen molar-refractivity contribution in [1.29, 1.82) is 0 Å². The molecule has 0 radical (unpaired) electrons. The summed E-state index contributed by atoms with van der Waals surface area (Å²) in [6, 6.07) is 10.8. The molecule has 2 rings (SSSR count). The fraction of sp³-hybridized carbons (Fsp3) is 0.188. The number of nitrogens with two attached hydrogens (primary N) is 1. The predicted molar refractivity (Wildman–Crippen MR) is 88.9 cm³/mol. The zero-order valence-corrected chi connectivity index (χ0v) is 13.5. The van der Waals surface area contributed by atoms with Gasteiger partial charge >= 0.3 is 0 Å². The molecule has 2 aromatic carbocycles. The van der Waals surface area contributed by atoms with Crippen LogP contribution in [0.15, 0.2) is 40.9 Å². The number of anilines is 2. The van der Waals surface area contributed by atoms with Gasteiger partial charge in [-0.2, -0.15) is 0 Å². The van der Waals surface area contributed by atoms with Gasteiger partial charge < -0.3 is 15.8 Å². The van der Waals surface area contributed by atoms with Crippen LogP contribution in [0.3, 0.4) is 0 Å². The molecule has 0 bridgehead atoms. The minimum atomic E-state index is -0.240. The number of carbonyl (C=O) groups excluding carboxylic acids is 1. The van der Waals surface area contributed by atoms with Gasteiger partial charge in [-0.1, -0.05) is 22.0 Å². The van der Waals surface area contributed by atoms with Crippen molar-refractivity contribution in [1.82, 2.24) is 0 Å². The van der Waals surface area contributed by atoms with E-state index in [1.165, 1.54) is 0 Å². The van der Waals surface area contributed by atoms with Crippen LogP contribution in [-0.4, -0.2) is 12.5 Å². The van der Waals surface area contributed by atoms with Crippen molar-refractivity contribution in [2.24, 2.45) is 0 Å². The zero-order chi connectivity index (χ0) is 15.4. The quantitative estimate of drug-likeness (QED) is 0.821. The first-order valence-corrected chi connectivity index (χ1v) is 7.41. The number of ether oxygens (including phenoxy) is 1. The lowest BCUT2D eigenvalue weighted by molar-refractivity contribution is 0.102. The highest BCUT2D eigenvalue weighted by atomic mass is 79.9. The average Bonchev–Trinajstić information content (AvgIpc) is 2.44. The second kappa shape index (κ2) is 6.63. The highest BCUT2D eigenvalue weighted by Crippen LogP contribution is 2.28. The van der Waals surface area contributed by atoms with Gasteiger partial charge in [0.25, 0.3) is 5.91 Å². The summed E-state index contributed by atoms with van der Waals surface area (Å²) in [6.07, 6.45) is 0. The molecule has 3 N–H and O–H groups in total. The van der Waals surface area contributed by atoms with Crippen LogP contribution in [-0.2, 0) is 0 Å². The van der Waals surface area contributed by atoms with Gasteiger partial charge in [0.05, 0.1) is 17.9 Å². The summed E-state index contributed by atoms with van der Waals surface area (Å²) < 4.78 is 6.45. The molecule has 0 fully saturated rings. The van der Waals surface area contributed by atoms with Crippen molar-refractivity contribution in [3.63, 3.8) is 0 Å². The summed E-state index contributed by atoms with van der Waals surface area (Å²) in [4.78, 5) is 12.4. The molecule has 4 nitrogen and oxygen atoms in total. The van der Waals surface area contributed by atoms with Crippen LogP contribution in [0.4, 0.5) is 11.4 Å². The van der Waals surface area contributed by atoms with Crippen molar-refractivity contribution in [2.45, 2.75) is 13.8 Å². The van der Waals surface area contributed by atoms with Crippen LogP contribution >= 0.6 is 15.9 Å². The highest BCUT2D eigenvalue weighted by molar-refractivity contribution is 9.10. The summed E-state index contributed by atoms with van der Waals surface area (Å²) in [5.41, 5.74) is 8.49. The number of benzene rings is 2. The Bertz CT molecular complexity index is 671. The van der Waals surface area contributed by atoms with Crippen LogP contribution < -0.4 is 15.8 Å². The number of carbonyl (C=O) groups is 1. The van der Waals surface area contributed by atoms with Crippen molar-refractivity contribution >= 4 is 33.2 Å². The van der Waals surface area contributed by atoms with Crippen LogP contribution in [0, 0.1) is 6.92 Å². The van der Waals surface area contributed by atoms with Crippen LogP contribution in [0.1, 0.15) is 22.8 Å². The molecular weight excluding hydrogens is 332 g/mol. The number of nitrogens with one attached hydrogen (secondary N) is 1. The number of hydrogen-bond acceptors (Lipinski definition) is 3. The molecular formula is C16H17BrN2O2. The summed E-state index contributed by atoms with van der Waals surface area (Å²) in [5, 5.41) is 2.88. The summed E-state index contributed by atoms with van der Waals surface area (Å²) in [6.45, 7) is 4.24. The Morgan fingerprint density at radius 1 is 1.33 bits per heavy atom. The molecule has 110 valence electrons. The Balaban J connectivity index is 2.30. The van der Waals surface area contributed by atoms with Gasteiger partial charge in [0.1, 0.15) is 0 Å². The van der Waals surface area contributed by atoms with Crippen LogP contribution in [0.2, 0.25) is 0 Å². The molecule has 5 heteroatoms. The second-order valence-corrected chi connectivity index (χ2v) is 5.49. The second-order valence-electron chi connectivity index (χ2n) is 4.57. The topological polar surface area (TPSA) is 64.3 Å². The van der Waals surface area contributed by atoms with E-state index < -0.39 is 0 Å². The third kappa shape index (κ3) is 3.55. The van der Waals surface area contributed by atoms with Crippen molar-refractivity contribution in [3.8, 4) is 5.75 Å². The van der Waals surface area contributed by atoms with Crippen molar-refractivity contribution in [2.75, 3.05) is 17.7 Å². The molecule has 2 aromatic rings. The summed E-state index contributed by atoms with van der Waals surface area (Å²) in [7, 11) is 0. The fourth-order valence-electron chi connectivity index (χ4n) is 2.00. The van der Waals surface area contributed by atoms with Crippen molar-refractivity contribution < 1.29 is 9.53 Å². The molecule has 0 aliphatic carbocycles. The third-order valence-corrected chi connectivity index (χ3v) is 3.51. The lowest BCUT2D eigenvalue weighted by atomic mass is 10.1. The van der Waals surface area contributed by atoms with Crippen molar-refractivity contribution in [3.05, 3.63) is 52.0 Å². The summed E-state index contributed by atoms with van der Waals surface area (Å²) in [5.74, 6) is 0.184. The lowest BCUT2D eigenvalue weighted by Gasteiger charge is -2.13. The zero-order valence-electron chi connectivity index (χ0n) is 11.9. The number of hydrogen-bond donors (Lipinski definition) is 2. The van der Waals surface area contributed by atoms with E-state index in [2.05, 4.69) is 21.2 Å². The van der Waals surface area contributed by atoms with Crippen LogP contribution in [0.25, 0.3) is 0 Å². The molecule has 0 saturated heterocycles. The smallest absolute Gasteiger partial charge is 0.259 e. The van der Waals surface area contributed by atoms with E-state index in [0.29, 0.717) is 23.6 Å². The van der Waals surface area contributed by atoms with Gasteiger partial charge in [0, 0.05) is 10.2 Å². The molecule has 1 amide bonds. The summed E-state index contributed by atoms with van der Waals surface area (Å²) >= 11 is 3.40. The number of halogens is 1. The fourth-order valence-corrected chi connectivity index (χ4v) is 2.47. The molecule has 0 heterocycles. The Morgan fingerprint density at radius 3 is 2.76 bits per heavy atom. The molecule has 0 saturated carbocycles. The molecule has 0 unspecified atom stereocenters. The monoisotopic (exact) mass is 348 g/mol. The first-order valence-electron chi connectivity index (χ1n) is 6.61. The molecule has 0 atom stereocenters. The maximum Gasteiger partial charge on any atom is 0.259 e.